The second-order valence-corrected chi connectivity index (χ2v) is 5.62. The highest BCUT2D eigenvalue weighted by Gasteiger charge is 2.27. The number of methoxy groups -OCH3 is 2. The summed E-state index contributed by atoms with van der Waals surface area (Å²) < 4.78 is 21.0. The summed E-state index contributed by atoms with van der Waals surface area (Å²) in [6.45, 7) is 1.33. The number of hydrogen-bond donors (Lipinski definition) is 2. The molecule has 1 aromatic heterocycles. The smallest absolute Gasteiger partial charge is 0.306 e. The highest BCUT2D eigenvalue weighted by Crippen LogP contribution is 2.37. The molecule has 8 nitrogen and oxygen atoms in total. The minimum Gasteiger partial charge on any atom is -0.502 e. The summed E-state index contributed by atoms with van der Waals surface area (Å²) in [5.41, 5.74) is -0.177. The molecule has 1 aromatic carbocycles. The number of esters is 1. The number of carbonyl (C=O) groups is 1. The van der Waals surface area contributed by atoms with Crippen molar-refractivity contribution >= 4 is 5.97 Å². The molecule has 146 valence electrons. The van der Waals surface area contributed by atoms with Gasteiger partial charge in [-0.05, 0) is 24.6 Å². The average Bonchev–Trinajstić information content (AvgIpc) is 2.68. The van der Waals surface area contributed by atoms with Gasteiger partial charge in [0, 0.05) is 6.07 Å². The molecule has 2 aromatic rings. The molecule has 27 heavy (non-hydrogen) atoms. The fourth-order valence-corrected chi connectivity index (χ4v) is 2.69. The van der Waals surface area contributed by atoms with Gasteiger partial charge in [-0.1, -0.05) is 6.07 Å². The predicted octanol–water partition coefficient (Wildman–Crippen LogP) is 1.94. The fraction of sp³-hybridized carbons (Fsp3) is 0.368. The lowest BCUT2D eigenvalue weighted by atomic mass is 9.92. The van der Waals surface area contributed by atoms with Crippen molar-refractivity contribution in [3.05, 3.63) is 51.6 Å². The lowest BCUT2D eigenvalue weighted by Gasteiger charge is -2.19. The number of hydrogen-bond acceptors (Lipinski definition) is 8. The molecular weight excluding hydrogens is 356 g/mol. The average molecular weight is 378 g/mol. The zero-order valence-corrected chi connectivity index (χ0v) is 15.4. The van der Waals surface area contributed by atoms with Crippen molar-refractivity contribution in [3.8, 4) is 17.2 Å². The zero-order chi connectivity index (χ0) is 20.0. The van der Waals surface area contributed by atoms with Crippen molar-refractivity contribution in [2.45, 2.75) is 25.9 Å². The van der Waals surface area contributed by atoms with E-state index in [4.69, 9.17) is 18.6 Å². The second kappa shape index (κ2) is 9.09. The van der Waals surface area contributed by atoms with Crippen LogP contribution >= 0.6 is 0 Å². The van der Waals surface area contributed by atoms with E-state index in [1.54, 1.807) is 25.1 Å². The Kier molecular flexibility index (Phi) is 6.84. The van der Waals surface area contributed by atoms with E-state index in [2.05, 4.69) is 0 Å². The molecule has 0 unspecified atom stereocenters. The molecule has 0 aliphatic rings. The first-order valence-corrected chi connectivity index (χ1v) is 8.29. The Bertz CT molecular complexity index is 855. The maximum Gasteiger partial charge on any atom is 0.306 e. The quantitative estimate of drug-likeness (QED) is 0.670. The lowest BCUT2D eigenvalue weighted by molar-refractivity contribution is -0.143. The number of aliphatic hydroxyl groups excluding tert-OH is 1. The maximum atomic E-state index is 12.1. The Hall–Kier alpha value is -3.00. The number of aromatic hydroxyl groups is 1. The van der Waals surface area contributed by atoms with E-state index in [1.165, 1.54) is 14.2 Å². The lowest BCUT2D eigenvalue weighted by Crippen LogP contribution is -2.15. The van der Waals surface area contributed by atoms with Crippen LogP contribution in [0.5, 0.6) is 17.2 Å². The van der Waals surface area contributed by atoms with Crippen LogP contribution < -0.4 is 14.9 Å². The SMILES string of the molecule is CCOC(=O)C[C@H](c1ccc(OC)c(OC)c1)c1oc(CO)cc(=O)c1O. The van der Waals surface area contributed by atoms with Gasteiger partial charge in [-0.2, -0.15) is 0 Å². The van der Waals surface area contributed by atoms with E-state index in [0.717, 1.165) is 6.07 Å². The third kappa shape index (κ3) is 4.59. The largest absolute Gasteiger partial charge is 0.502 e. The highest BCUT2D eigenvalue weighted by molar-refractivity contribution is 5.71. The minimum absolute atomic E-state index is 0.0258. The summed E-state index contributed by atoms with van der Waals surface area (Å²) in [6.07, 6.45) is -0.186. The molecule has 1 heterocycles. The molecular formula is C19H22O8. The van der Waals surface area contributed by atoms with Crippen molar-refractivity contribution in [2.24, 2.45) is 0 Å². The Balaban J connectivity index is 2.61. The van der Waals surface area contributed by atoms with Gasteiger partial charge in [0.15, 0.2) is 17.3 Å². The van der Waals surface area contributed by atoms with Gasteiger partial charge >= 0.3 is 5.97 Å². The summed E-state index contributed by atoms with van der Waals surface area (Å²) in [5, 5.41) is 19.5. The maximum absolute atomic E-state index is 12.1. The van der Waals surface area contributed by atoms with E-state index in [-0.39, 0.29) is 24.5 Å². The van der Waals surface area contributed by atoms with Gasteiger partial charge in [0.1, 0.15) is 12.4 Å². The topological polar surface area (TPSA) is 115 Å². The van der Waals surface area contributed by atoms with Crippen molar-refractivity contribution in [1.82, 2.24) is 0 Å². The standard InChI is InChI=1S/C19H22O8/c1-4-26-17(22)9-13(11-5-6-15(24-2)16(7-11)25-3)19-18(23)14(21)8-12(10-20)27-19/h5-8,13,20,23H,4,9-10H2,1-3H3/t13-/m1/s1. The van der Waals surface area contributed by atoms with Gasteiger partial charge in [-0.3, -0.25) is 9.59 Å². The van der Waals surface area contributed by atoms with E-state index in [9.17, 15) is 19.8 Å². The number of carbonyl (C=O) groups excluding carboxylic acids is 1. The van der Waals surface area contributed by atoms with Crippen LogP contribution in [-0.4, -0.2) is 37.0 Å². The molecule has 0 spiro atoms. The zero-order valence-electron chi connectivity index (χ0n) is 15.4. The Labute approximate surface area is 155 Å². The van der Waals surface area contributed by atoms with Crippen LogP contribution in [0.2, 0.25) is 0 Å². The van der Waals surface area contributed by atoms with Gasteiger partial charge in [-0.25, -0.2) is 0 Å². The summed E-state index contributed by atoms with van der Waals surface area (Å²) in [7, 11) is 2.95. The first kappa shape index (κ1) is 20.3. The van der Waals surface area contributed by atoms with Crippen molar-refractivity contribution in [3.63, 3.8) is 0 Å². The van der Waals surface area contributed by atoms with Crippen LogP contribution in [0, 0.1) is 0 Å². The van der Waals surface area contributed by atoms with Gasteiger partial charge in [0.05, 0.1) is 33.2 Å². The van der Waals surface area contributed by atoms with Crippen LogP contribution in [-0.2, 0) is 16.1 Å². The van der Waals surface area contributed by atoms with Gasteiger partial charge in [0.2, 0.25) is 11.2 Å². The first-order valence-electron chi connectivity index (χ1n) is 8.29. The van der Waals surface area contributed by atoms with Crippen LogP contribution in [0.4, 0.5) is 0 Å². The fourth-order valence-electron chi connectivity index (χ4n) is 2.69. The number of rotatable bonds is 8. The van der Waals surface area contributed by atoms with Crippen LogP contribution in [0.15, 0.2) is 33.5 Å². The van der Waals surface area contributed by atoms with Crippen LogP contribution in [0.3, 0.4) is 0 Å². The van der Waals surface area contributed by atoms with Crippen molar-refractivity contribution in [2.75, 3.05) is 20.8 Å². The minimum atomic E-state index is -0.831. The molecule has 8 heteroatoms. The molecule has 2 N–H and O–H groups in total. The molecule has 0 fully saturated rings. The Morgan fingerprint density at radius 1 is 1.19 bits per heavy atom. The Morgan fingerprint density at radius 3 is 2.48 bits per heavy atom. The number of benzene rings is 1. The van der Waals surface area contributed by atoms with Crippen molar-refractivity contribution < 1.29 is 33.6 Å². The predicted molar refractivity (Wildman–Crippen MR) is 95.2 cm³/mol. The second-order valence-electron chi connectivity index (χ2n) is 5.62. The van der Waals surface area contributed by atoms with E-state index in [0.29, 0.717) is 17.1 Å². The molecule has 0 amide bonds. The molecule has 0 radical (unpaired) electrons. The molecule has 0 bridgehead atoms. The van der Waals surface area contributed by atoms with Gasteiger partial charge in [0.25, 0.3) is 0 Å². The molecule has 0 saturated carbocycles. The Morgan fingerprint density at radius 2 is 1.89 bits per heavy atom. The summed E-state index contributed by atoms with van der Waals surface area (Å²) in [4.78, 5) is 24.1. The van der Waals surface area contributed by atoms with E-state index < -0.39 is 29.7 Å². The third-order valence-corrected chi connectivity index (χ3v) is 3.96. The van der Waals surface area contributed by atoms with Gasteiger partial charge in [-0.15, -0.1) is 0 Å². The van der Waals surface area contributed by atoms with E-state index in [1.807, 2.05) is 0 Å². The third-order valence-electron chi connectivity index (χ3n) is 3.96. The summed E-state index contributed by atoms with van der Waals surface area (Å²) >= 11 is 0. The number of aliphatic hydroxyl groups is 1. The normalized spacial score (nSPS) is 11.7. The summed E-state index contributed by atoms with van der Waals surface area (Å²) in [6, 6.07) is 5.91. The first-order chi connectivity index (χ1) is 12.9. The molecule has 2 rings (SSSR count). The van der Waals surface area contributed by atoms with Crippen molar-refractivity contribution in [1.29, 1.82) is 0 Å². The van der Waals surface area contributed by atoms with Crippen LogP contribution in [0.1, 0.15) is 36.3 Å². The molecule has 0 aliphatic carbocycles. The number of ether oxygens (including phenoxy) is 3. The molecule has 0 saturated heterocycles. The van der Waals surface area contributed by atoms with Gasteiger partial charge < -0.3 is 28.8 Å². The molecule has 1 atom stereocenters. The summed E-state index contributed by atoms with van der Waals surface area (Å²) in [5.74, 6) is -1.27. The van der Waals surface area contributed by atoms with E-state index >= 15 is 0 Å². The monoisotopic (exact) mass is 378 g/mol. The highest BCUT2D eigenvalue weighted by atomic mass is 16.5. The van der Waals surface area contributed by atoms with Crippen LogP contribution in [0.25, 0.3) is 0 Å². The molecule has 0 aliphatic heterocycles.